The van der Waals surface area contributed by atoms with Crippen LogP contribution in [0.15, 0.2) is 83.9 Å². The van der Waals surface area contributed by atoms with Crippen LogP contribution in [0.5, 0.6) is 0 Å². The third kappa shape index (κ3) is 4.14. The lowest BCUT2D eigenvalue weighted by Crippen LogP contribution is -2.20. The fraction of sp³-hybridized carbons (Fsp3) is 0.231. The fourth-order valence-electron chi connectivity index (χ4n) is 3.79. The van der Waals surface area contributed by atoms with Gasteiger partial charge in [-0.2, -0.15) is 4.99 Å². The van der Waals surface area contributed by atoms with E-state index in [9.17, 15) is 4.79 Å². The van der Waals surface area contributed by atoms with Crippen molar-refractivity contribution in [1.82, 2.24) is 4.57 Å². The van der Waals surface area contributed by atoms with Gasteiger partial charge in [-0.3, -0.25) is 4.79 Å². The third-order valence-corrected chi connectivity index (χ3v) is 6.36. The van der Waals surface area contributed by atoms with Crippen molar-refractivity contribution in [1.29, 1.82) is 0 Å². The first kappa shape index (κ1) is 20.3. The van der Waals surface area contributed by atoms with E-state index in [2.05, 4.69) is 41.6 Å². The molecule has 0 aliphatic carbocycles. The molecule has 0 fully saturated rings. The Morgan fingerprint density at radius 1 is 0.933 bits per heavy atom. The summed E-state index contributed by atoms with van der Waals surface area (Å²) in [7, 11) is 0. The Hall–Kier alpha value is -2.98. The topological polar surface area (TPSA) is 34.4 Å². The highest BCUT2D eigenvalue weighted by Gasteiger charge is 2.22. The summed E-state index contributed by atoms with van der Waals surface area (Å²) in [6.45, 7) is 5.16. The van der Waals surface area contributed by atoms with E-state index in [0.717, 1.165) is 40.8 Å². The number of aromatic nitrogens is 1. The van der Waals surface area contributed by atoms with Gasteiger partial charge in [0, 0.05) is 6.54 Å². The molecule has 0 bridgehead atoms. The van der Waals surface area contributed by atoms with E-state index >= 15 is 0 Å². The normalized spacial score (nSPS) is 12.0. The summed E-state index contributed by atoms with van der Waals surface area (Å²) in [6, 6.07) is 26.4. The van der Waals surface area contributed by atoms with Crippen LogP contribution < -0.4 is 4.80 Å². The van der Waals surface area contributed by atoms with Crippen LogP contribution in [-0.2, 0) is 17.8 Å². The molecule has 0 radical (unpaired) electrons. The SMILES string of the molecule is CCCn1c(=NC(=O)C(c2ccccc2)c2ccccc2)sc2cc(CC)ccc21. The zero-order valence-corrected chi connectivity index (χ0v) is 18.2. The molecule has 30 heavy (non-hydrogen) atoms. The maximum absolute atomic E-state index is 13.5. The summed E-state index contributed by atoms with van der Waals surface area (Å²) in [6.07, 6.45) is 1.99. The average Bonchev–Trinajstić information content (AvgIpc) is 3.11. The molecule has 0 saturated heterocycles. The number of thiazole rings is 1. The van der Waals surface area contributed by atoms with Crippen LogP contribution in [0.4, 0.5) is 0 Å². The molecule has 3 aromatic carbocycles. The Morgan fingerprint density at radius 2 is 1.57 bits per heavy atom. The van der Waals surface area contributed by atoms with Crippen LogP contribution in [0, 0.1) is 0 Å². The van der Waals surface area contributed by atoms with Crippen molar-refractivity contribution in [2.75, 3.05) is 0 Å². The van der Waals surface area contributed by atoms with Gasteiger partial charge >= 0.3 is 0 Å². The lowest BCUT2D eigenvalue weighted by atomic mass is 9.91. The number of hydrogen-bond donors (Lipinski definition) is 0. The van der Waals surface area contributed by atoms with Crippen LogP contribution in [0.25, 0.3) is 10.2 Å². The first-order valence-corrected chi connectivity index (χ1v) is 11.3. The summed E-state index contributed by atoms with van der Waals surface area (Å²) in [5.41, 5.74) is 4.39. The zero-order valence-electron chi connectivity index (χ0n) is 17.4. The van der Waals surface area contributed by atoms with Crippen molar-refractivity contribution in [2.24, 2.45) is 4.99 Å². The highest BCUT2D eigenvalue weighted by molar-refractivity contribution is 7.16. The summed E-state index contributed by atoms with van der Waals surface area (Å²) < 4.78 is 3.37. The van der Waals surface area contributed by atoms with E-state index in [1.807, 2.05) is 60.7 Å². The van der Waals surface area contributed by atoms with Crippen LogP contribution in [0.3, 0.4) is 0 Å². The van der Waals surface area contributed by atoms with Crippen molar-refractivity contribution in [2.45, 2.75) is 39.2 Å². The third-order valence-electron chi connectivity index (χ3n) is 5.32. The van der Waals surface area contributed by atoms with Crippen molar-refractivity contribution < 1.29 is 4.79 Å². The van der Waals surface area contributed by atoms with Gasteiger partial charge in [0.25, 0.3) is 5.91 Å². The minimum Gasteiger partial charge on any atom is -0.316 e. The number of aryl methyl sites for hydroxylation is 2. The molecule has 4 heteroatoms. The largest absolute Gasteiger partial charge is 0.316 e. The molecule has 1 amide bonds. The maximum Gasteiger partial charge on any atom is 0.260 e. The van der Waals surface area contributed by atoms with Gasteiger partial charge in [0.15, 0.2) is 4.80 Å². The highest BCUT2D eigenvalue weighted by Crippen LogP contribution is 2.26. The zero-order chi connectivity index (χ0) is 20.9. The van der Waals surface area contributed by atoms with Crippen LogP contribution >= 0.6 is 11.3 Å². The maximum atomic E-state index is 13.5. The second-order valence-corrected chi connectivity index (χ2v) is 8.41. The van der Waals surface area contributed by atoms with Gasteiger partial charge < -0.3 is 4.57 Å². The smallest absolute Gasteiger partial charge is 0.260 e. The van der Waals surface area contributed by atoms with E-state index in [1.165, 1.54) is 10.3 Å². The van der Waals surface area contributed by atoms with E-state index in [1.54, 1.807) is 11.3 Å². The number of hydrogen-bond acceptors (Lipinski definition) is 2. The molecular weight excluding hydrogens is 388 g/mol. The quantitative estimate of drug-likeness (QED) is 0.385. The van der Waals surface area contributed by atoms with Gasteiger partial charge in [-0.15, -0.1) is 0 Å². The summed E-state index contributed by atoms with van der Waals surface area (Å²) in [4.78, 5) is 18.9. The predicted molar refractivity (Wildman–Crippen MR) is 125 cm³/mol. The van der Waals surface area contributed by atoms with Crippen molar-refractivity contribution >= 4 is 27.5 Å². The first-order valence-electron chi connectivity index (χ1n) is 10.5. The van der Waals surface area contributed by atoms with Crippen molar-refractivity contribution in [3.05, 3.63) is 100 Å². The number of fused-ring (bicyclic) bond motifs is 1. The van der Waals surface area contributed by atoms with Gasteiger partial charge in [0.05, 0.1) is 16.1 Å². The summed E-state index contributed by atoms with van der Waals surface area (Å²) in [5, 5.41) is 0. The molecule has 0 saturated carbocycles. The number of benzene rings is 3. The average molecular weight is 415 g/mol. The van der Waals surface area contributed by atoms with Gasteiger partial charge in [0.1, 0.15) is 0 Å². The predicted octanol–water partition coefficient (Wildman–Crippen LogP) is 5.93. The Kier molecular flexibility index (Phi) is 6.24. The van der Waals surface area contributed by atoms with Gasteiger partial charge in [-0.25, -0.2) is 0 Å². The van der Waals surface area contributed by atoms with Crippen molar-refractivity contribution in [3.63, 3.8) is 0 Å². The number of nitrogens with zero attached hydrogens (tertiary/aromatic N) is 2. The molecule has 4 aromatic rings. The molecule has 0 spiro atoms. The first-order chi connectivity index (χ1) is 14.7. The molecule has 1 aromatic heterocycles. The Balaban J connectivity index is 1.85. The summed E-state index contributed by atoms with van der Waals surface area (Å²) >= 11 is 1.60. The minimum absolute atomic E-state index is 0.125. The van der Waals surface area contributed by atoms with Gasteiger partial charge in [-0.05, 0) is 41.7 Å². The number of carbonyl (C=O) groups excluding carboxylic acids is 1. The Morgan fingerprint density at radius 3 is 2.13 bits per heavy atom. The van der Waals surface area contributed by atoms with Crippen molar-refractivity contribution in [3.8, 4) is 0 Å². The second-order valence-electron chi connectivity index (χ2n) is 7.40. The van der Waals surface area contributed by atoms with E-state index < -0.39 is 5.92 Å². The Bertz CT molecular complexity index is 1170. The highest BCUT2D eigenvalue weighted by atomic mass is 32.1. The molecule has 152 valence electrons. The molecule has 0 aliphatic heterocycles. The minimum atomic E-state index is -0.404. The van der Waals surface area contributed by atoms with E-state index in [-0.39, 0.29) is 5.91 Å². The Labute approximate surface area is 181 Å². The lowest BCUT2D eigenvalue weighted by molar-refractivity contribution is -0.118. The molecule has 0 N–H and O–H groups in total. The molecule has 0 atom stereocenters. The van der Waals surface area contributed by atoms with Gasteiger partial charge in [0.2, 0.25) is 0 Å². The second kappa shape index (κ2) is 9.23. The molecule has 1 heterocycles. The molecule has 0 unspecified atom stereocenters. The lowest BCUT2D eigenvalue weighted by Gasteiger charge is -2.14. The fourth-order valence-corrected chi connectivity index (χ4v) is 4.92. The van der Waals surface area contributed by atoms with Gasteiger partial charge in [-0.1, -0.05) is 91.9 Å². The van der Waals surface area contributed by atoms with E-state index in [4.69, 9.17) is 0 Å². The molecule has 3 nitrogen and oxygen atoms in total. The monoisotopic (exact) mass is 414 g/mol. The standard InChI is InChI=1S/C26H26N2OS/c1-3-17-28-22-16-15-19(4-2)18-23(22)30-26(28)27-25(29)24(20-11-7-5-8-12-20)21-13-9-6-10-14-21/h5-16,18,24H,3-4,17H2,1-2H3. The molecule has 0 aliphatic rings. The number of rotatable bonds is 6. The number of amides is 1. The summed E-state index contributed by atoms with van der Waals surface area (Å²) in [5.74, 6) is -0.529. The van der Waals surface area contributed by atoms with Crippen LogP contribution in [-0.4, -0.2) is 10.5 Å². The van der Waals surface area contributed by atoms with E-state index in [0.29, 0.717) is 0 Å². The molecular formula is C26H26N2OS. The molecule has 4 rings (SSSR count). The van der Waals surface area contributed by atoms with Crippen LogP contribution in [0.1, 0.15) is 42.9 Å². The number of carbonyl (C=O) groups is 1. The van der Waals surface area contributed by atoms with Crippen LogP contribution in [0.2, 0.25) is 0 Å².